The number of hydrogen-bond donors (Lipinski definition) is 0. The van der Waals surface area contributed by atoms with E-state index in [9.17, 15) is 0 Å². The molecule has 220 valence electrons. The molecule has 40 heavy (non-hydrogen) atoms. The highest BCUT2D eigenvalue weighted by Crippen LogP contribution is 2.45. The quantitative estimate of drug-likeness (QED) is 0.362. The van der Waals surface area contributed by atoms with Gasteiger partial charge >= 0.3 is 0 Å². The number of aryl methyl sites for hydroxylation is 2. The Balaban J connectivity index is 0.000000161. The molecule has 4 fully saturated rings. The van der Waals surface area contributed by atoms with Crippen LogP contribution in [0.3, 0.4) is 0 Å². The van der Waals surface area contributed by atoms with E-state index in [2.05, 4.69) is 76.2 Å². The third-order valence-corrected chi connectivity index (χ3v) is 12.1. The van der Waals surface area contributed by atoms with Crippen molar-refractivity contribution in [3.63, 3.8) is 0 Å². The van der Waals surface area contributed by atoms with Crippen LogP contribution in [0.25, 0.3) is 0 Å². The van der Waals surface area contributed by atoms with Crippen molar-refractivity contribution in [3.8, 4) is 0 Å². The molecule has 0 bridgehead atoms. The molecule has 0 nitrogen and oxygen atoms in total. The Morgan fingerprint density at radius 1 is 0.350 bits per heavy atom. The van der Waals surface area contributed by atoms with Crippen molar-refractivity contribution >= 4 is 0 Å². The third kappa shape index (κ3) is 8.26. The molecule has 0 N–H and O–H groups in total. The van der Waals surface area contributed by atoms with Gasteiger partial charge in [-0.25, -0.2) is 0 Å². The summed E-state index contributed by atoms with van der Waals surface area (Å²) in [5.41, 5.74) is 5.95. The molecule has 0 radical (unpaired) electrons. The smallest absolute Gasteiger partial charge is 0.0162 e. The first-order valence-corrected chi connectivity index (χ1v) is 17.6. The average molecular weight is 541 g/mol. The summed E-state index contributed by atoms with van der Waals surface area (Å²) < 4.78 is 0. The van der Waals surface area contributed by atoms with Crippen LogP contribution in [0.5, 0.6) is 0 Å². The lowest BCUT2D eigenvalue weighted by atomic mass is 9.68. The molecule has 0 spiro atoms. The summed E-state index contributed by atoms with van der Waals surface area (Å²) in [5, 5.41) is 0. The minimum atomic E-state index is 0.842. The zero-order valence-electron chi connectivity index (χ0n) is 26.6. The highest BCUT2D eigenvalue weighted by Gasteiger charge is 2.31. The first kappa shape index (κ1) is 29.9. The van der Waals surface area contributed by atoms with Crippen LogP contribution in [0.4, 0.5) is 0 Å². The zero-order valence-corrected chi connectivity index (χ0v) is 26.6. The van der Waals surface area contributed by atoms with E-state index in [0.29, 0.717) is 0 Å². The molecule has 2 aromatic carbocycles. The van der Waals surface area contributed by atoms with Crippen molar-refractivity contribution in [3.05, 3.63) is 70.8 Å². The van der Waals surface area contributed by atoms with Gasteiger partial charge in [0.25, 0.3) is 0 Å². The standard InChI is InChI=1S/2C20H30/c2*1-15-3-7-17(8-4-15)19-11-13-20(14-12-19)18-9-5-16(2)6-10-18/h2*3-4,7-8,16,18-20H,5-6,9-14H2,1-2H3. The van der Waals surface area contributed by atoms with Gasteiger partial charge in [0, 0.05) is 0 Å². The molecule has 4 aliphatic rings. The highest BCUT2D eigenvalue weighted by atomic mass is 14.4. The number of rotatable bonds is 4. The molecule has 0 saturated heterocycles. The van der Waals surface area contributed by atoms with Crippen molar-refractivity contribution in [2.24, 2.45) is 35.5 Å². The van der Waals surface area contributed by atoms with Gasteiger partial charge in [0.1, 0.15) is 0 Å². The fourth-order valence-corrected chi connectivity index (χ4v) is 9.04. The molecule has 0 aliphatic heterocycles. The summed E-state index contributed by atoms with van der Waals surface area (Å²) in [6.07, 6.45) is 23.7. The SMILES string of the molecule is Cc1ccc(C2CCC(C3CCC(C)CC3)CC2)cc1.Cc1ccc(C2CCC(C3CCC(C)CC3)CC2)cc1. The Bertz CT molecular complexity index is 884. The van der Waals surface area contributed by atoms with Gasteiger partial charge in [0.05, 0.1) is 0 Å². The van der Waals surface area contributed by atoms with Crippen LogP contribution < -0.4 is 0 Å². The van der Waals surface area contributed by atoms with E-state index in [4.69, 9.17) is 0 Å². The first-order chi connectivity index (χ1) is 19.4. The summed E-state index contributed by atoms with van der Waals surface area (Å²) in [6, 6.07) is 18.6. The fraction of sp³-hybridized carbons (Fsp3) is 0.700. The lowest BCUT2D eigenvalue weighted by Gasteiger charge is -2.37. The summed E-state index contributed by atoms with van der Waals surface area (Å²) in [5.74, 6) is 7.89. The van der Waals surface area contributed by atoms with Gasteiger partial charge in [0.15, 0.2) is 0 Å². The van der Waals surface area contributed by atoms with Crippen molar-refractivity contribution in [2.75, 3.05) is 0 Å². The van der Waals surface area contributed by atoms with Gasteiger partial charge in [-0.3, -0.25) is 0 Å². The fourth-order valence-electron chi connectivity index (χ4n) is 9.04. The van der Waals surface area contributed by atoms with Crippen LogP contribution in [-0.2, 0) is 0 Å². The largest absolute Gasteiger partial charge is 0.0625 e. The van der Waals surface area contributed by atoms with Crippen molar-refractivity contribution in [1.29, 1.82) is 0 Å². The first-order valence-electron chi connectivity index (χ1n) is 17.6. The van der Waals surface area contributed by atoms with E-state index in [1.807, 2.05) is 0 Å². The molecule has 4 saturated carbocycles. The second-order valence-corrected chi connectivity index (χ2v) is 15.1. The number of hydrogen-bond acceptors (Lipinski definition) is 0. The maximum atomic E-state index is 2.44. The van der Waals surface area contributed by atoms with Crippen molar-refractivity contribution in [2.45, 2.75) is 142 Å². The predicted molar refractivity (Wildman–Crippen MR) is 174 cm³/mol. The molecule has 2 aromatic rings. The maximum absolute atomic E-state index is 2.44. The van der Waals surface area contributed by atoms with E-state index in [0.717, 1.165) is 47.3 Å². The second kappa shape index (κ2) is 14.6. The molecule has 0 aromatic heterocycles. The summed E-state index contributed by atoms with van der Waals surface area (Å²) in [6.45, 7) is 9.24. The Kier molecular flexibility index (Phi) is 10.9. The predicted octanol–water partition coefficient (Wildman–Crippen LogP) is 12.2. The Morgan fingerprint density at radius 3 is 0.875 bits per heavy atom. The molecule has 4 aliphatic carbocycles. The van der Waals surface area contributed by atoms with Crippen LogP contribution in [0.1, 0.15) is 151 Å². The Labute approximate surface area is 248 Å². The van der Waals surface area contributed by atoms with Gasteiger partial charge < -0.3 is 0 Å². The van der Waals surface area contributed by atoms with Crippen molar-refractivity contribution < 1.29 is 0 Å². The lowest BCUT2D eigenvalue weighted by molar-refractivity contribution is 0.165. The second-order valence-electron chi connectivity index (χ2n) is 15.1. The summed E-state index contributed by atoms with van der Waals surface area (Å²) >= 11 is 0. The molecule has 6 rings (SSSR count). The van der Waals surface area contributed by atoms with Gasteiger partial charge in [-0.15, -0.1) is 0 Å². The molecule has 0 unspecified atom stereocenters. The minimum absolute atomic E-state index is 0.842. The normalized spacial score (nSPS) is 34.9. The average Bonchev–Trinajstić information content (AvgIpc) is 2.99. The molecule has 0 atom stereocenters. The van der Waals surface area contributed by atoms with Gasteiger partial charge in [-0.2, -0.15) is 0 Å². The lowest BCUT2D eigenvalue weighted by Crippen LogP contribution is -2.24. The molecule has 0 heteroatoms. The Hall–Kier alpha value is -1.56. The molecule has 0 amide bonds. The monoisotopic (exact) mass is 540 g/mol. The van der Waals surface area contributed by atoms with Gasteiger partial charge in [-0.05, 0) is 149 Å². The van der Waals surface area contributed by atoms with Gasteiger partial charge in [-0.1, -0.05) is 99.2 Å². The van der Waals surface area contributed by atoms with Crippen LogP contribution in [-0.4, -0.2) is 0 Å². The summed E-state index contributed by atoms with van der Waals surface area (Å²) in [7, 11) is 0. The highest BCUT2D eigenvalue weighted by molar-refractivity contribution is 5.25. The zero-order chi connectivity index (χ0) is 27.9. The van der Waals surface area contributed by atoms with Crippen LogP contribution in [0, 0.1) is 49.4 Å². The molecule has 0 heterocycles. The van der Waals surface area contributed by atoms with E-state index in [-0.39, 0.29) is 0 Å². The van der Waals surface area contributed by atoms with E-state index < -0.39 is 0 Å². The van der Waals surface area contributed by atoms with Crippen LogP contribution >= 0.6 is 0 Å². The number of benzene rings is 2. The van der Waals surface area contributed by atoms with Crippen LogP contribution in [0.2, 0.25) is 0 Å². The maximum Gasteiger partial charge on any atom is -0.0162 e. The summed E-state index contributed by atoms with van der Waals surface area (Å²) in [4.78, 5) is 0. The van der Waals surface area contributed by atoms with Crippen LogP contribution in [0.15, 0.2) is 48.5 Å². The van der Waals surface area contributed by atoms with Gasteiger partial charge in [0.2, 0.25) is 0 Å². The molecular formula is C40H60. The van der Waals surface area contributed by atoms with E-state index in [1.54, 1.807) is 11.1 Å². The topological polar surface area (TPSA) is 0 Å². The van der Waals surface area contributed by atoms with E-state index in [1.165, 1.54) is 114 Å². The third-order valence-electron chi connectivity index (χ3n) is 12.1. The Morgan fingerprint density at radius 2 is 0.600 bits per heavy atom. The van der Waals surface area contributed by atoms with Crippen molar-refractivity contribution in [1.82, 2.24) is 0 Å². The molecular weight excluding hydrogens is 480 g/mol. The van der Waals surface area contributed by atoms with E-state index >= 15 is 0 Å². The minimum Gasteiger partial charge on any atom is -0.0625 e.